The minimum atomic E-state index is 0.909. The quantitative estimate of drug-likeness (QED) is 0.558. The molecule has 1 fully saturated rings. The first-order valence-corrected chi connectivity index (χ1v) is 9.79. The van der Waals surface area contributed by atoms with E-state index in [1.165, 1.54) is 48.0 Å². The van der Waals surface area contributed by atoms with Crippen LogP contribution in [-0.2, 0) is 6.54 Å². The first-order valence-electron chi connectivity index (χ1n) is 9.79. The van der Waals surface area contributed by atoms with Crippen molar-refractivity contribution < 1.29 is 0 Å². The maximum Gasteiger partial charge on any atom is 0.137 e. The summed E-state index contributed by atoms with van der Waals surface area (Å²) in [7, 11) is 0. The Morgan fingerprint density at radius 2 is 1.78 bits per heavy atom. The Hall–Kier alpha value is -2.85. The van der Waals surface area contributed by atoms with Gasteiger partial charge in [0.1, 0.15) is 5.82 Å². The van der Waals surface area contributed by atoms with Crippen molar-refractivity contribution in [2.45, 2.75) is 19.4 Å². The third kappa shape index (κ3) is 3.17. The van der Waals surface area contributed by atoms with Gasteiger partial charge in [0.15, 0.2) is 0 Å². The summed E-state index contributed by atoms with van der Waals surface area (Å²) in [5.41, 5.74) is 4.94. The number of imidazole rings is 1. The highest BCUT2D eigenvalue weighted by atomic mass is 15.2. The van der Waals surface area contributed by atoms with Crippen LogP contribution in [0.15, 0.2) is 67.1 Å². The van der Waals surface area contributed by atoms with Gasteiger partial charge in [-0.05, 0) is 55.3 Å². The summed E-state index contributed by atoms with van der Waals surface area (Å²) in [6.07, 6.45) is 8.60. The molecule has 4 aromatic rings. The Kier molecular flexibility index (Phi) is 4.26. The van der Waals surface area contributed by atoms with E-state index >= 15 is 0 Å². The molecular weight excluding hydrogens is 332 g/mol. The first-order chi connectivity index (χ1) is 13.4. The molecule has 136 valence electrons. The summed E-state index contributed by atoms with van der Waals surface area (Å²) >= 11 is 0. The van der Waals surface area contributed by atoms with E-state index in [9.17, 15) is 0 Å². The molecule has 27 heavy (non-hydrogen) atoms. The number of rotatable bonds is 5. The Balaban J connectivity index is 1.48. The Bertz CT molecular complexity index is 1040. The SMILES string of the molecule is c1cc(-c2ncc[nH]2)cc(-c2cccc3c2ccn3CCN2CCCC2)c1. The number of benzene rings is 2. The number of H-pyrrole nitrogens is 1. The largest absolute Gasteiger partial charge is 0.346 e. The molecule has 5 rings (SSSR count). The van der Waals surface area contributed by atoms with Crippen LogP contribution in [-0.4, -0.2) is 39.1 Å². The molecular formula is C23H24N4. The average Bonchev–Trinajstić information content (AvgIpc) is 3.48. The molecule has 0 aliphatic carbocycles. The van der Waals surface area contributed by atoms with E-state index < -0.39 is 0 Å². The average molecular weight is 356 g/mol. The molecule has 0 bridgehead atoms. The standard InChI is InChI=1S/C23H24N4/c1-2-13-26(12-1)15-16-27-14-9-21-20(7-4-8-22(21)27)18-5-3-6-19(17-18)23-24-10-11-25-23/h3-11,14,17H,1-2,12-13,15-16H2,(H,24,25). The van der Waals surface area contributed by atoms with Crippen LogP contribution >= 0.6 is 0 Å². The first kappa shape index (κ1) is 16.3. The molecule has 3 heterocycles. The second-order valence-electron chi connectivity index (χ2n) is 7.31. The van der Waals surface area contributed by atoms with Crippen molar-refractivity contribution in [1.82, 2.24) is 19.4 Å². The fourth-order valence-electron chi connectivity index (χ4n) is 4.18. The zero-order valence-electron chi connectivity index (χ0n) is 15.4. The summed E-state index contributed by atoms with van der Waals surface area (Å²) in [6.45, 7) is 4.70. The highest BCUT2D eigenvalue weighted by molar-refractivity contribution is 5.96. The predicted octanol–water partition coefficient (Wildman–Crippen LogP) is 4.79. The number of hydrogen-bond donors (Lipinski definition) is 1. The molecule has 0 amide bonds. The van der Waals surface area contributed by atoms with Gasteiger partial charge in [-0.3, -0.25) is 0 Å². The molecule has 4 nitrogen and oxygen atoms in total. The van der Waals surface area contributed by atoms with Crippen LogP contribution in [0.2, 0.25) is 0 Å². The highest BCUT2D eigenvalue weighted by Crippen LogP contribution is 2.31. The number of nitrogens with zero attached hydrogens (tertiary/aromatic N) is 3. The lowest BCUT2D eigenvalue weighted by atomic mass is 9.99. The van der Waals surface area contributed by atoms with E-state index in [0.717, 1.165) is 24.5 Å². The van der Waals surface area contributed by atoms with Gasteiger partial charge in [-0.2, -0.15) is 0 Å². The van der Waals surface area contributed by atoms with Crippen LogP contribution in [0.1, 0.15) is 12.8 Å². The van der Waals surface area contributed by atoms with Gasteiger partial charge in [0.25, 0.3) is 0 Å². The number of fused-ring (bicyclic) bond motifs is 1. The topological polar surface area (TPSA) is 36.9 Å². The summed E-state index contributed by atoms with van der Waals surface area (Å²) < 4.78 is 2.40. The van der Waals surface area contributed by atoms with Gasteiger partial charge in [-0.25, -0.2) is 4.98 Å². The highest BCUT2D eigenvalue weighted by Gasteiger charge is 2.13. The Morgan fingerprint density at radius 3 is 2.63 bits per heavy atom. The molecule has 1 N–H and O–H groups in total. The van der Waals surface area contributed by atoms with Crippen LogP contribution in [0.3, 0.4) is 0 Å². The molecule has 0 atom stereocenters. The Morgan fingerprint density at radius 1 is 0.926 bits per heavy atom. The second kappa shape index (κ2) is 7.05. The van der Waals surface area contributed by atoms with Gasteiger partial charge < -0.3 is 14.5 Å². The van der Waals surface area contributed by atoms with Gasteiger partial charge in [0, 0.05) is 48.1 Å². The minimum absolute atomic E-state index is 0.909. The molecule has 4 heteroatoms. The van der Waals surface area contributed by atoms with Crippen molar-refractivity contribution in [2.75, 3.05) is 19.6 Å². The van der Waals surface area contributed by atoms with Crippen molar-refractivity contribution in [3.8, 4) is 22.5 Å². The monoisotopic (exact) mass is 356 g/mol. The smallest absolute Gasteiger partial charge is 0.137 e. The third-order valence-electron chi connectivity index (χ3n) is 5.61. The molecule has 0 radical (unpaired) electrons. The zero-order valence-corrected chi connectivity index (χ0v) is 15.4. The minimum Gasteiger partial charge on any atom is -0.346 e. The van der Waals surface area contributed by atoms with Gasteiger partial charge in [0.05, 0.1) is 0 Å². The van der Waals surface area contributed by atoms with Crippen molar-refractivity contribution in [3.05, 3.63) is 67.1 Å². The van der Waals surface area contributed by atoms with Gasteiger partial charge in [-0.15, -0.1) is 0 Å². The Labute approximate surface area is 159 Å². The van der Waals surface area contributed by atoms with E-state index in [2.05, 4.69) is 74.2 Å². The van der Waals surface area contributed by atoms with E-state index in [4.69, 9.17) is 0 Å². The van der Waals surface area contributed by atoms with Crippen LogP contribution in [0.25, 0.3) is 33.4 Å². The molecule has 0 saturated carbocycles. The molecule has 1 saturated heterocycles. The lowest BCUT2D eigenvalue weighted by molar-refractivity contribution is 0.324. The van der Waals surface area contributed by atoms with Crippen molar-refractivity contribution in [1.29, 1.82) is 0 Å². The molecule has 2 aromatic carbocycles. The van der Waals surface area contributed by atoms with Crippen molar-refractivity contribution in [2.24, 2.45) is 0 Å². The molecule has 0 spiro atoms. The third-order valence-corrected chi connectivity index (χ3v) is 5.61. The molecule has 2 aromatic heterocycles. The van der Waals surface area contributed by atoms with E-state index in [-0.39, 0.29) is 0 Å². The van der Waals surface area contributed by atoms with E-state index in [1.807, 2.05) is 6.20 Å². The van der Waals surface area contributed by atoms with E-state index in [0.29, 0.717) is 0 Å². The van der Waals surface area contributed by atoms with Crippen LogP contribution in [0.5, 0.6) is 0 Å². The van der Waals surface area contributed by atoms with E-state index in [1.54, 1.807) is 6.20 Å². The number of nitrogens with one attached hydrogen (secondary N) is 1. The summed E-state index contributed by atoms with van der Waals surface area (Å²) in [5, 5.41) is 1.32. The van der Waals surface area contributed by atoms with Crippen LogP contribution in [0.4, 0.5) is 0 Å². The van der Waals surface area contributed by atoms with Crippen molar-refractivity contribution >= 4 is 10.9 Å². The van der Waals surface area contributed by atoms with Gasteiger partial charge >= 0.3 is 0 Å². The molecule has 0 unspecified atom stereocenters. The normalized spacial score (nSPS) is 15.0. The molecule has 1 aliphatic rings. The fourth-order valence-corrected chi connectivity index (χ4v) is 4.18. The van der Waals surface area contributed by atoms with Crippen molar-refractivity contribution in [3.63, 3.8) is 0 Å². The number of likely N-dealkylation sites (tertiary alicyclic amines) is 1. The lowest BCUT2D eigenvalue weighted by Crippen LogP contribution is -2.23. The predicted molar refractivity (Wildman–Crippen MR) is 111 cm³/mol. The second-order valence-corrected chi connectivity index (χ2v) is 7.31. The number of aromatic nitrogens is 3. The number of hydrogen-bond acceptors (Lipinski definition) is 2. The van der Waals surface area contributed by atoms with Crippen LogP contribution < -0.4 is 0 Å². The summed E-state index contributed by atoms with van der Waals surface area (Å²) in [6, 6.07) is 17.5. The zero-order chi connectivity index (χ0) is 18.1. The lowest BCUT2D eigenvalue weighted by Gasteiger charge is -2.15. The molecule has 1 aliphatic heterocycles. The summed E-state index contributed by atoms with van der Waals surface area (Å²) in [4.78, 5) is 10.2. The summed E-state index contributed by atoms with van der Waals surface area (Å²) in [5.74, 6) is 0.909. The number of aromatic amines is 1. The van der Waals surface area contributed by atoms with Gasteiger partial charge in [0.2, 0.25) is 0 Å². The maximum atomic E-state index is 4.39. The van der Waals surface area contributed by atoms with Crippen LogP contribution in [0, 0.1) is 0 Å². The maximum absolute atomic E-state index is 4.39. The fraction of sp³-hybridized carbons (Fsp3) is 0.261. The van der Waals surface area contributed by atoms with Gasteiger partial charge in [-0.1, -0.05) is 30.3 Å².